The molecule has 4 rings (SSSR count). The molecule has 0 spiro atoms. The Kier molecular flexibility index (Phi) is 4.77. The molecule has 0 bridgehead atoms. The van der Waals surface area contributed by atoms with E-state index in [1.165, 1.54) is 5.56 Å². The van der Waals surface area contributed by atoms with E-state index < -0.39 is 0 Å². The van der Waals surface area contributed by atoms with Crippen LogP contribution in [-0.2, 0) is 0 Å². The molecule has 0 aliphatic carbocycles. The minimum absolute atomic E-state index is 0.113. The van der Waals surface area contributed by atoms with E-state index in [0.29, 0.717) is 11.3 Å². The highest BCUT2D eigenvalue weighted by Gasteiger charge is 2.19. The summed E-state index contributed by atoms with van der Waals surface area (Å²) < 4.78 is 1.58. The molecule has 0 aliphatic heterocycles. The molecule has 3 aromatic carbocycles. The number of para-hydroxylation sites is 1. The molecular weight excluding hydrogens is 346 g/mol. The molecule has 0 saturated carbocycles. The number of hydrogen-bond donors (Lipinski definition) is 1. The Labute approximate surface area is 163 Å². The first-order chi connectivity index (χ1) is 13.6. The minimum atomic E-state index is -0.113. The number of aromatic nitrogens is 2. The third-order valence-electron chi connectivity index (χ3n) is 4.66. The maximum Gasteiger partial charge on any atom is 0.280 e. The lowest BCUT2D eigenvalue weighted by molar-refractivity contribution is 0.852. The van der Waals surface area contributed by atoms with Gasteiger partial charge in [0.25, 0.3) is 5.56 Å². The van der Waals surface area contributed by atoms with Crippen LogP contribution in [0.15, 0.2) is 94.7 Å². The van der Waals surface area contributed by atoms with Crippen LogP contribution < -0.4 is 5.56 Å². The van der Waals surface area contributed by atoms with Gasteiger partial charge in [-0.15, -0.1) is 0 Å². The van der Waals surface area contributed by atoms with Crippen molar-refractivity contribution in [2.75, 3.05) is 0 Å². The van der Waals surface area contributed by atoms with Crippen molar-refractivity contribution in [3.05, 3.63) is 106 Å². The highest BCUT2D eigenvalue weighted by Crippen LogP contribution is 2.23. The Hall–Kier alpha value is -3.66. The van der Waals surface area contributed by atoms with Crippen molar-refractivity contribution in [2.45, 2.75) is 13.8 Å². The van der Waals surface area contributed by atoms with E-state index in [-0.39, 0.29) is 5.56 Å². The van der Waals surface area contributed by atoms with Crippen LogP contribution in [-0.4, -0.2) is 15.5 Å². The summed E-state index contributed by atoms with van der Waals surface area (Å²) in [6, 6.07) is 27.4. The fourth-order valence-electron chi connectivity index (χ4n) is 3.21. The van der Waals surface area contributed by atoms with Gasteiger partial charge < -0.3 is 0 Å². The van der Waals surface area contributed by atoms with Crippen molar-refractivity contribution in [1.82, 2.24) is 9.78 Å². The minimum Gasteiger partial charge on any atom is -0.290 e. The Bertz CT molecular complexity index is 1170. The SMILES string of the molecule is CC(=Nc1ccc(C)cc1)c1c(-c2ccccc2)[nH]n(-c2ccccc2)c1=O. The third-order valence-corrected chi connectivity index (χ3v) is 4.66. The molecule has 0 atom stereocenters. The van der Waals surface area contributed by atoms with Crippen molar-refractivity contribution in [2.24, 2.45) is 4.99 Å². The molecule has 0 saturated heterocycles. The van der Waals surface area contributed by atoms with Crippen molar-refractivity contribution in [3.63, 3.8) is 0 Å². The quantitative estimate of drug-likeness (QED) is 0.490. The molecule has 0 fully saturated rings. The topological polar surface area (TPSA) is 50.1 Å². The lowest BCUT2D eigenvalue weighted by Gasteiger charge is -2.03. The fourth-order valence-corrected chi connectivity index (χ4v) is 3.21. The van der Waals surface area contributed by atoms with Crippen molar-refractivity contribution in [1.29, 1.82) is 0 Å². The first-order valence-electron chi connectivity index (χ1n) is 9.21. The van der Waals surface area contributed by atoms with Crippen LogP contribution in [0.25, 0.3) is 16.9 Å². The Morgan fingerprint density at radius 2 is 1.46 bits per heavy atom. The van der Waals surface area contributed by atoms with Crippen LogP contribution in [0.2, 0.25) is 0 Å². The Balaban J connectivity index is 1.91. The average molecular weight is 367 g/mol. The van der Waals surface area contributed by atoms with Crippen LogP contribution in [0, 0.1) is 6.92 Å². The standard InChI is InChI=1S/C24H21N3O/c1-17-13-15-20(16-14-17)25-18(2)22-23(19-9-5-3-6-10-19)26-27(24(22)28)21-11-7-4-8-12-21/h3-16,26H,1-2H3. The molecule has 1 N–H and O–H groups in total. The van der Waals surface area contributed by atoms with E-state index >= 15 is 0 Å². The predicted octanol–water partition coefficient (Wildman–Crippen LogP) is 5.28. The molecule has 0 aliphatic rings. The van der Waals surface area contributed by atoms with Gasteiger partial charge >= 0.3 is 0 Å². The molecule has 138 valence electrons. The summed E-state index contributed by atoms with van der Waals surface area (Å²) >= 11 is 0. The molecule has 4 aromatic rings. The average Bonchev–Trinajstić information content (AvgIpc) is 3.08. The summed E-state index contributed by atoms with van der Waals surface area (Å²) in [6.07, 6.45) is 0. The second-order valence-corrected chi connectivity index (χ2v) is 6.74. The van der Waals surface area contributed by atoms with Crippen molar-refractivity contribution in [3.8, 4) is 16.9 Å². The van der Waals surface area contributed by atoms with Gasteiger partial charge in [-0.05, 0) is 38.1 Å². The summed E-state index contributed by atoms with van der Waals surface area (Å²) in [5.74, 6) is 0. The molecular formula is C24H21N3O. The zero-order valence-electron chi connectivity index (χ0n) is 15.9. The van der Waals surface area contributed by atoms with E-state index in [9.17, 15) is 4.79 Å². The number of H-pyrrole nitrogens is 1. The number of aromatic amines is 1. The molecule has 1 heterocycles. The van der Waals surface area contributed by atoms with E-state index in [0.717, 1.165) is 22.6 Å². The van der Waals surface area contributed by atoms with Gasteiger partial charge in [-0.3, -0.25) is 14.9 Å². The molecule has 28 heavy (non-hydrogen) atoms. The number of benzene rings is 3. The lowest BCUT2D eigenvalue weighted by Crippen LogP contribution is -2.19. The number of hydrogen-bond acceptors (Lipinski definition) is 2. The number of rotatable bonds is 4. The van der Waals surface area contributed by atoms with Crippen molar-refractivity contribution >= 4 is 11.4 Å². The van der Waals surface area contributed by atoms with Gasteiger partial charge in [0.15, 0.2) is 0 Å². The number of aliphatic imine (C=N–C) groups is 1. The van der Waals surface area contributed by atoms with Crippen LogP contribution in [0.3, 0.4) is 0 Å². The van der Waals surface area contributed by atoms with E-state index in [4.69, 9.17) is 4.99 Å². The fraction of sp³-hybridized carbons (Fsp3) is 0.0833. The van der Waals surface area contributed by atoms with Crippen molar-refractivity contribution < 1.29 is 0 Å². The normalized spacial score (nSPS) is 11.6. The Morgan fingerprint density at radius 1 is 0.857 bits per heavy atom. The summed E-state index contributed by atoms with van der Waals surface area (Å²) in [4.78, 5) is 18.0. The second kappa shape index (κ2) is 7.53. The Morgan fingerprint density at radius 3 is 2.11 bits per heavy atom. The summed E-state index contributed by atoms with van der Waals surface area (Å²) in [7, 11) is 0. The van der Waals surface area contributed by atoms with Crippen LogP contribution in [0.1, 0.15) is 18.1 Å². The zero-order valence-corrected chi connectivity index (χ0v) is 15.9. The number of nitrogens with zero attached hydrogens (tertiary/aromatic N) is 2. The van der Waals surface area contributed by atoms with Gasteiger partial charge in [0.2, 0.25) is 0 Å². The van der Waals surface area contributed by atoms with Crippen LogP contribution in [0.4, 0.5) is 5.69 Å². The molecule has 4 heteroatoms. The summed E-state index contributed by atoms with van der Waals surface area (Å²) in [5, 5.41) is 3.28. The highest BCUT2D eigenvalue weighted by molar-refractivity contribution is 6.04. The zero-order chi connectivity index (χ0) is 19.5. The number of aryl methyl sites for hydroxylation is 1. The van der Waals surface area contributed by atoms with E-state index in [1.54, 1.807) is 4.68 Å². The lowest BCUT2D eigenvalue weighted by atomic mass is 10.1. The summed E-state index contributed by atoms with van der Waals surface area (Å²) in [5.41, 5.74) is 5.65. The number of nitrogens with one attached hydrogen (secondary N) is 1. The highest BCUT2D eigenvalue weighted by atomic mass is 16.1. The molecule has 0 unspecified atom stereocenters. The van der Waals surface area contributed by atoms with Gasteiger partial charge in [-0.2, -0.15) is 0 Å². The first kappa shape index (κ1) is 17.7. The maximum atomic E-state index is 13.3. The van der Waals surface area contributed by atoms with Crippen LogP contribution in [0.5, 0.6) is 0 Å². The molecule has 1 aromatic heterocycles. The summed E-state index contributed by atoms with van der Waals surface area (Å²) in [6.45, 7) is 3.92. The smallest absolute Gasteiger partial charge is 0.280 e. The molecule has 0 radical (unpaired) electrons. The van der Waals surface area contributed by atoms with E-state index in [2.05, 4.69) is 5.10 Å². The van der Waals surface area contributed by atoms with Gasteiger partial charge in [0.05, 0.1) is 28.3 Å². The van der Waals surface area contributed by atoms with Gasteiger partial charge in [-0.25, -0.2) is 4.68 Å². The monoisotopic (exact) mass is 367 g/mol. The van der Waals surface area contributed by atoms with E-state index in [1.807, 2.05) is 98.8 Å². The molecule has 0 amide bonds. The largest absolute Gasteiger partial charge is 0.290 e. The first-order valence-corrected chi connectivity index (χ1v) is 9.21. The predicted molar refractivity (Wildman–Crippen MR) is 115 cm³/mol. The maximum absolute atomic E-state index is 13.3. The van der Waals surface area contributed by atoms with Crippen LogP contribution >= 0.6 is 0 Å². The van der Waals surface area contributed by atoms with Gasteiger partial charge in [0, 0.05) is 5.56 Å². The second-order valence-electron chi connectivity index (χ2n) is 6.74. The van der Waals surface area contributed by atoms with Gasteiger partial charge in [0.1, 0.15) is 0 Å². The third kappa shape index (κ3) is 3.45. The molecule has 4 nitrogen and oxygen atoms in total. The van der Waals surface area contributed by atoms with Gasteiger partial charge in [-0.1, -0.05) is 66.2 Å².